The van der Waals surface area contributed by atoms with Crippen molar-refractivity contribution in [2.45, 2.75) is 25.9 Å². The highest BCUT2D eigenvalue weighted by atomic mass is 35.5. The van der Waals surface area contributed by atoms with Crippen LogP contribution >= 0.6 is 11.6 Å². The second-order valence-electron chi connectivity index (χ2n) is 7.15. The maximum absolute atomic E-state index is 12.3. The minimum atomic E-state index is -2.63. The van der Waals surface area contributed by atoms with Gasteiger partial charge in [-0.25, -0.2) is 4.98 Å². The van der Waals surface area contributed by atoms with Crippen LogP contribution in [-0.2, 0) is 0 Å². The molecule has 1 fully saturated rings. The Bertz CT molecular complexity index is 1330. The number of hydrogen-bond acceptors (Lipinski definition) is 7. The van der Waals surface area contributed by atoms with Gasteiger partial charge in [-0.05, 0) is 30.7 Å². The molecule has 9 heteroatoms. The van der Waals surface area contributed by atoms with Crippen LogP contribution in [0.4, 0.5) is 5.82 Å². The second kappa shape index (κ2) is 7.68. The number of benzene rings is 1. The molecule has 0 spiro atoms. The predicted molar refractivity (Wildman–Crippen MR) is 112 cm³/mol. The number of hydrogen-bond donors (Lipinski definition) is 0. The van der Waals surface area contributed by atoms with Crippen molar-refractivity contribution in [1.82, 2.24) is 14.6 Å². The first kappa shape index (κ1) is 14.9. The van der Waals surface area contributed by atoms with E-state index >= 15 is 0 Å². The van der Waals surface area contributed by atoms with E-state index in [2.05, 4.69) is 15.0 Å². The first-order valence-corrected chi connectivity index (χ1v) is 9.91. The van der Waals surface area contributed by atoms with Crippen LogP contribution in [0.3, 0.4) is 0 Å². The summed E-state index contributed by atoms with van der Waals surface area (Å²) >= 11 is 5.91. The summed E-state index contributed by atoms with van der Waals surface area (Å²) in [6.45, 7) is -2.00. The molecule has 0 atom stereocenters. The highest BCUT2D eigenvalue weighted by molar-refractivity contribution is 6.30. The molecule has 0 radical (unpaired) electrons. The van der Waals surface area contributed by atoms with E-state index in [-0.39, 0.29) is 22.6 Å². The van der Waals surface area contributed by atoms with Crippen molar-refractivity contribution in [3.63, 3.8) is 0 Å². The van der Waals surface area contributed by atoms with Crippen LogP contribution in [0.15, 0.2) is 35.3 Å². The zero-order valence-corrected chi connectivity index (χ0v) is 16.8. The lowest BCUT2D eigenvalue weighted by Crippen LogP contribution is -2.39. The van der Waals surface area contributed by atoms with Crippen molar-refractivity contribution in [3.8, 4) is 17.2 Å². The molecule has 156 valence electrons. The molecule has 2 aliphatic rings. The quantitative estimate of drug-likeness (QED) is 0.629. The van der Waals surface area contributed by atoms with Crippen molar-refractivity contribution in [3.05, 3.63) is 51.4 Å². The normalized spacial score (nSPS) is 22.0. The first-order chi connectivity index (χ1) is 16.0. The van der Waals surface area contributed by atoms with Gasteiger partial charge in [0.1, 0.15) is 30.0 Å². The van der Waals surface area contributed by atoms with Gasteiger partial charge in [-0.15, -0.1) is 5.10 Å². The van der Waals surface area contributed by atoms with Gasteiger partial charge < -0.3 is 19.1 Å². The van der Waals surface area contributed by atoms with Crippen LogP contribution < -0.4 is 24.7 Å². The summed E-state index contributed by atoms with van der Waals surface area (Å²) in [6, 6.07) is 6.46. The average molecular weight is 433 g/mol. The molecule has 2 aliphatic heterocycles. The molecule has 0 aliphatic carbocycles. The number of aryl methyl sites for hydroxylation is 1. The molecule has 0 saturated carbocycles. The summed E-state index contributed by atoms with van der Waals surface area (Å²) in [4.78, 5) is 18.6. The van der Waals surface area contributed by atoms with E-state index in [1.165, 1.54) is 22.8 Å². The molecule has 0 unspecified atom stereocenters. The van der Waals surface area contributed by atoms with Crippen LogP contribution in [0, 0.1) is 6.92 Å². The van der Waals surface area contributed by atoms with Crippen molar-refractivity contribution in [1.29, 1.82) is 0 Å². The molecule has 4 heterocycles. The highest BCUT2D eigenvalue weighted by Gasteiger charge is 2.24. The molecule has 3 aromatic rings. The third-order valence-corrected chi connectivity index (χ3v) is 5.40. The van der Waals surface area contributed by atoms with Crippen molar-refractivity contribution in [2.24, 2.45) is 0 Å². The Balaban J connectivity index is 1.28. The smallest absolute Gasteiger partial charge is 0.293 e. The van der Waals surface area contributed by atoms with Gasteiger partial charge in [0.15, 0.2) is 23.0 Å². The van der Waals surface area contributed by atoms with E-state index in [9.17, 15) is 4.79 Å². The SMILES string of the molecule is [2H]C1([2H])Oc2ccc(OC3CCN(c4nn5c(=O)c(Cl)cnc5cc4C)CC3)cc2OC1([2H])[2H]. The van der Waals surface area contributed by atoms with Crippen LogP contribution in [0.1, 0.15) is 23.9 Å². The van der Waals surface area contributed by atoms with E-state index < -0.39 is 18.7 Å². The Kier molecular flexibility index (Phi) is 3.81. The highest BCUT2D eigenvalue weighted by Crippen LogP contribution is 2.34. The Morgan fingerprint density at radius 1 is 1.20 bits per heavy atom. The summed E-state index contributed by atoms with van der Waals surface area (Å²) in [7, 11) is 0. The predicted octanol–water partition coefficient (Wildman–Crippen LogP) is 2.87. The summed E-state index contributed by atoms with van der Waals surface area (Å²) in [6.07, 6.45) is 2.62. The van der Waals surface area contributed by atoms with E-state index in [1.807, 2.05) is 6.92 Å². The number of rotatable bonds is 3. The number of piperidine rings is 1. The topological polar surface area (TPSA) is 78.2 Å². The first-order valence-electron chi connectivity index (χ1n) is 11.5. The number of nitrogens with zero attached hydrogens (tertiary/aromatic N) is 4. The summed E-state index contributed by atoms with van der Waals surface area (Å²) in [5, 5.41) is 4.50. The molecule has 2 aromatic heterocycles. The van der Waals surface area contributed by atoms with Crippen LogP contribution in [0.2, 0.25) is 5.02 Å². The zero-order chi connectivity index (χ0) is 24.3. The molecule has 1 aromatic carbocycles. The summed E-state index contributed by atoms with van der Waals surface area (Å²) in [5.41, 5.74) is 0.918. The van der Waals surface area contributed by atoms with Crippen LogP contribution in [0.25, 0.3) is 5.65 Å². The molecule has 0 amide bonds. The molecular formula is C21H21ClN4O4. The van der Waals surface area contributed by atoms with Gasteiger partial charge >= 0.3 is 0 Å². The Morgan fingerprint density at radius 3 is 2.77 bits per heavy atom. The fourth-order valence-electron chi connectivity index (χ4n) is 3.63. The summed E-state index contributed by atoms with van der Waals surface area (Å²) < 4.78 is 48.4. The molecule has 0 bridgehead atoms. The second-order valence-corrected chi connectivity index (χ2v) is 7.56. The number of halogens is 1. The third-order valence-electron chi connectivity index (χ3n) is 5.14. The fourth-order valence-corrected chi connectivity index (χ4v) is 3.76. The van der Waals surface area contributed by atoms with Gasteiger partial charge in [0.05, 0.1) is 11.7 Å². The van der Waals surface area contributed by atoms with Gasteiger partial charge in [-0.1, -0.05) is 11.6 Å². The number of anilines is 1. The Labute approximate surface area is 183 Å². The molecule has 5 rings (SSSR count). The third kappa shape index (κ3) is 3.52. The molecule has 8 nitrogen and oxygen atoms in total. The average Bonchev–Trinajstić information content (AvgIpc) is 2.77. The molecule has 1 saturated heterocycles. The largest absolute Gasteiger partial charge is 0.490 e. The van der Waals surface area contributed by atoms with Gasteiger partial charge in [-0.3, -0.25) is 4.79 Å². The zero-order valence-electron chi connectivity index (χ0n) is 20.1. The lowest BCUT2D eigenvalue weighted by molar-refractivity contribution is 0.159. The number of aromatic nitrogens is 3. The number of fused-ring (bicyclic) bond motifs is 2. The van der Waals surface area contributed by atoms with Crippen molar-refractivity contribution >= 4 is 23.1 Å². The number of ether oxygens (including phenoxy) is 3. The maximum Gasteiger partial charge on any atom is 0.293 e. The lowest BCUT2D eigenvalue weighted by Gasteiger charge is -2.33. The van der Waals surface area contributed by atoms with Gasteiger partial charge in [0.25, 0.3) is 5.56 Å². The lowest BCUT2D eigenvalue weighted by atomic mass is 10.1. The monoisotopic (exact) mass is 432 g/mol. The van der Waals surface area contributed by atoms with E-state index in [0.29, 0.717) is 43.1 Å². The summed E-state index contributed by atoms with van der Waals surface area (Å²) in [5.74, 6) is 1.37. The van der Waals surface area contributed by atoms with E-state index in [0.717, 1.165) is 5.56 Å². The standard InChI is InChI=1S/C21H21ClN4O4/c1-13-10-19-23-12-16(22)21(27)26(19)24-20(13)25-6-4-14(5-7-25)30-15-2-3-17-18(11-15)29-9-8-28-17/h2-3,10-12,14H,4-9H2,1H3/i8D2,9D2. The Morgan fingerprint density at radius 2 is 1.97 bits per heavy atom. The fraction of sp³-hybridized carbons (Fsp3) is 0.381. The van der Waals surface area contributed by atoms with Gasteiger partial charge in [0, 0.05) is 32.0 Å². The van der Waals surface area contributed by atoms with E-state index in [1.54, 1.807) is 12.1 Å². The Hall–Kier alpha value is -3.00. The minimum Gasteiger partial charge on any atom is -0.490 e. The molecule has 0 N–H and O–H groups in total. The van der Waals surface area contributed by atoms with Gasteiger partial charge in [-0.2, -0.15) is 4.52 Å². The maximum atomic E-state index is 12.3. The van der Waals surface area contributed by atoms with Crippen LogP contribution in [0.5, 0.6) is 17.2 Å². The molecule has 30 heavy (non-hydrogen) atoms. The van der Waals surface area contributed by atoms with Gasteiger partial charge in [0.2, 0.25) is 0 Å². The van der Waals surface area contributed by atoms with Crippen molar-refractivity contribution in [2.75, 3.05) is 31.1 Å². The van der Waals surface area contributed by atoms with Crippen molar-refractivity contribution < 1.29 is 19.7 Å². The van der Waals surface area contributed by atoms with Crippen LogP contribution in [-0.4, -0.2) is 46.9 Å². The van der Waals surface area contributed by atoms with E-state index in [4.69, 9.17) is 31.3 Å². The molecular weight excluding hydrogens is 408 g/mol. The minimum absolute atomic E-state index is 0.00977.